The second kappa shape index (κ2) is 10.0. The Kier molecular flexibility index (Phi) is 7.18. The number of ketones is 1. The Balaban J connectivity index is 1.94. The van der Waals surface area contributed by atoms with Gasteiger partial charge in [0, 0.05) is 11.3 Å². The third-order valence-corrected chi connectivity index (χ3v) is 7.01. The molecule has 0 radical (unpaired) electrons. The molecule has 4 rings (SSSR count). The number of nitrogens with zero attached hydrogens (tertiary/aromatic N) is 1. The molecule has 0 aromatic heterocycles. The maximum absolute atomic E-state index is 13.4. The second-order valence-electron chi connectivity index (χ2n) is 9.71. The van der Waals surface area contributed by atoms with Crippen LogP contribution < -0.4 is 4.90 Å². The largest absolute Gasteiger partial charge is 0.507 e. The van der Waals surface area contributed by atoms with Gasteiger partial charge in [-0.2, -0.15) is 0 Å². The van der Waals surface area contributed by atoms with Gasteiger partial charge in [0.05, 0.1) is 34.3 Å². The maximum Gasteiger partial charge on any atom is 0.337 e. The van der Waals surface area contributed by atoms with E-state index in [1.807, 2.05) is 24.3 Å². The quantitative estimate of drug-likeness (QED) is 0.173. The fraction of sp³-hybridized carbons (Fsp3) is 0.207. The summed E-state index contributed by atoms with van der Waals surface area (Å²) < 4.78 is 4.81. The van der Waals surface area contributed by atoms with Crippen molar-refractivity contribution in [1.82, 2.24) is 0 Å². The molecule has 1 N–H and O–H groups in total. The Morgan fingerprint density at radius 3 is 2.19 bits per heavy atom. The number of benzene rings is 3. The number of carbonyl (C=O) groups is 3. The summed E-state index contributed by atoms with van der Waals surface area (Å²) in [4.78, 5) is 40.2. The summed E-state index contributed by atoms with van der Waals surface area (Å²) in [6.45, 7) is 6.24. The van der Waals surface area contributed by atoms with Crippen LogP contribution in [0.25, 0.3) is 5.76 Å². The highest BCUT2D eigenvalue weighted by molar-refractivity contribution is 6.52. The van der Waals surface area contributed by atoms with Crippen LogP contribution in [-0.4, -0.2) is 29.9 Å². The second-order valence-corrected chi connectivity index (χ2v) is 10.5. The standard InChI is InChI=1S/C29H25Cl2NO5/c1-29(2,3)19-11-8-16(9-12-19)24-23(25(33)17-10-13-21(30)22(31)15-17)26(34)27(35)32(24)20-7-5-6-18(14-20)28(36)37-4/h5-15,24,33H,1-4H3/b25-23+. The molecule has 1 unspecified atom stereocenters. The number of aliphatic hydroxyl groups is 1. The predicted octanol–water partition coefficient (Wildman–Crippen LogP) is 6.70. The number of carbonyl (C=O) groups excluding carboxylic acids is 3. The van der Waals surface area contributed by atoms with Crippen LogP contribution in [0, 0.1) is 0 Å². The molecule has 1 amide bonds. The summed E-state index contributed by atoms with van der Waals surface area (Å²) >= 11 is 12.2. The molecule has 0 aliphatic carbocycles. The van der Waals surface area contributed by atoms with Crippen molar-refractivity contribution in [2.24, 2.45) is 0 Å². The van der Waals surface area contributed by atoms with Gasteiger partial charge >= 0.3 is 5.97 Å². The molecule has 3 aromatic carbocycles. The molecule has 0 bridgehead atoms. The van der Waals surface area contributed by atoms with Gasteiger partial charge in [0.1, 0.15) is 5.76 Å². The molecule has 37 heavy (non-hydrogen) atoms. The van der Waals surface area contributed by atoms with Crippen LogP contribution in [0.2, 0.25) is 10.0 Å². The molecule has 1 fully saturated rings. The van der Waals surface area contributed by atoms with Crippen molar-refractivity contribution >= 4 is 52.3 Å². The molecule has 0 spiro atoms. The minimum absolute atomic E-state index is 0.102. The fourth-order valence-corrected chi connectivity index (χ4v) is 4.58. The minimum Gasteiger partial charge on any atom is -0.507 e. The van der Waals surface area contributed by atoms with E-state index in [2.05, 4.69) is 20.8 Å². The Morgan fingerprint density at radius 1 is 0.919 bits per heavy atom. The molecule has 1 aliphatic heterocycles. The first-order valence-electron chi connectivity index (χ1n) is 11.5. The summed E-state index contributed by atoms with van der Waals surface area (Å²) in [6, 6.07) is 17.3. The average molecular weight is 538 g/mol. The van der Waals surface area contributed by atoms with Crippen LogP contribution in [0.5, 0.6) is 0 Å². The first kappa shape index (κ1) is 26.5. The zero-order valence-corrected chi connectivity index (χ0v) is 22.2. The van der Waals surface area contributed by atoms with Crippen LogP contribution in [0.4, 0.5) is 5.69 Å². The highest BCUT2D eigenvalue weighted by Gasteiger charge is 2.47. The van der Waals surface area contributed by atoms with Crippen molar-refractivity contribution in [3.05, 3.63) is 105 Å². The molecule has 3 aromatic rings. The summed E-state index contributed by atoms with van der Waals surface area (Å²) in [5.74, 6) is -2.67. The lowest BCUT2D eigenvalue weighted by Gasteiger charge is -2.27. The van der Waals surface area contributed by atoms with E-state index in [0.29, 0.717) is 11.3 Å². The molecular formula is C29H25Cl2NO5. The maximum atomic E-state index is 13.4. The molecule has 0 saturated carbocycles. The molecule has 190 valence electrons. The van der Waals surface area contributed by atoms with E-state index in [9.17, 15) is 19.5 Å². The highest BCUT2D eigenvalue weighted by atomic mass is 35.5. The Morgan fingerprint density at radius 2 is 1.59 bits per heavy atom. The highest BCUT2D eigenvalue weighted by Crippen LogP contribution is 2.43. The van der Waals surface area contributed by atoms with Crippen molar-refractivity contribution in [2.45, 2.75) is 32.2 Å². The van der Waals surface area contributed by atoms with Crippen LogP contribution in [0.1, 0.15) is 53.9 Å². The van der Waals surface area contributed by atoms with E-state index in [0.717, 1.165) is 5.56 Å². The molecule has 1 atom stereocenters. The number of rotatable bonds is 4. The van der Waals surface area contributed by atoms with E-state index in [1.54, 1.807) is 18.2 Å². The fourth-order valence-electron chi connectivity index (χ4n) is 4.28. The van der Waals surface area contributed by atoms with Gasteiger partial charge in [-0.3, -0.25) is 14.5 Å². The number of Topliss-reactive ketones (excluding diaryl/α,β-unsaturated/α-hetero) is 1. The topological polar surface area (TPSA) is 83.9 Å². The number of aliphatic hydroxyl groups excluding tert-OH is 1. The summed E-state index contributed by atoms with van der Waals surface area (Å²) in [5, 5.41) is 11.8. The first-order chi connectivity index (χ1) is 17.4. The molecule has 8 heteroatoms. The Bertz CT molecular complexity index is 1440. The normalized spacial score (nSPS) is 17.2. The van der Waals surface area contributed by atoms with Crippen molar-refractivity contribution in [1.29, 1.82) is 0 Å². The third-order valence-electron chi connectivity index (χ3n) is 6.28. The van der Waals surface area contributed by atoms with Gasteiger partial charge < -0.3 is 9.84 Å². The van der Waals surface area contributed by atoms with E-state index in [-0.39, 0.29) is 37.9 Å². The lowest BCUT2D eigenvalue weighted by molar-refractivity contribution is -0.132. The number of methoxy groups -OCH3 is 1. The van der Waals surface area contributed by atoms with Gasteiger partial charge in [0.15, 0.2) is 0 Å². The van der Waals surface area contributed by atoms with Crippen molar-refractivity contribution < 1.29 is 24.2 Å². The number of amides is 1. The number of ether oxygens (including phenoxy) is 1. The van der Waals surface area contributed by atoms with Gasteiger partial charge in [-0.1, -0.05) is 74.3 Å². The van der Waals surface area contributed by atoms with E-state index < -0.39 is 23.7 Å². The summed E-state index contributed by atoms with van der Waals surface area (Å²) in [5.41, 5.74) is 2.22. The van der Waals surface area contributed by atoms with Gasteiger partial charge in [0.25, 0.3) is 11.7 Å². The van der Waals surface area contributed by atoms with Crippen LogP contribution in [0.15, 0.2) is 72.3 Å². The molecule has 1 aliphatic rings. The first-order valence-corrected chi connectivity index (χ1v) is 12.2. The van der Waals surface area contributed by atoms with Crippen LogP contribution >= 0.6 is 23.2 Å². The van der Waals surface area contributed by atoms with Gasteiger partial charge in [-0.05, 0) is 52.9 Å². The zero-order valence-electron chi connectivity index (χ0n) is 20.7. The number of halogens is 2. The SMILES string of the molecule is COC(=O)c1cccc(N2C(=O)C(=O)/C(=C(/O)c3ccc(Cl)c(Cl)c3)C2c2ccc(C(C)(C)C)cc2)c1. The van der Waals surface area contributed by atoms with Crippen molar-refractivity contribution in [3.63, 3.8) is 0 Å². The van der Waals surface area contributed by atoms with Gasteiger partial charge in [-0.25, -0.2) is 4.79 Å². The molecule has 6 nitrogen and oxygen atoms in total. The van der Waals surface area contributed by atoms with E-state index >= 15 is 0 Å². The number of hydrogen-bond acceptors (Lipinski definition) is 5. The Labute approximate surface area is 225 Å². The van der Waals surface area contributed by atoms with Crippen molar-refractivity contribution in [2.75, 3.05) is 12.0 Å². The molecular weight excluding hydrogens is 513 g/mol. The Hall–Kier alpha value is -3.61. The van der Waals surface area contributed by atoms with Crippen molar-refractivity contribution in [3.8, 4) is 0 Å². The van der Waals surface area contributed by atoms with E-state index in [4.69, 9.17) is 27.9 Å². The monoisotopic (exact) mass is 537 g/mol. The lowest BCUT2D eigenvalue weighted by atomic mass is 9.85. The number of hydrogen-bond donors (Lipinski definition) is 1. The average Bonchev–Trinajstić information content (AvgIpc) is 3.14. The summed E-state index contributed by atoms with van der Waals surface area (Å²) in [7, 11) is 1.26. The summed E-state index contributed by atoms with van der Waals surface area (Å²) in [6.07, 6.45) is 0. The van der Waals surface area contributed by atoms with E-state index in [1.165, 1.54) is 36.3 Å². The lowest BCUT2D eigenvalue weighted by Crippen LogP contribution is -2.29. The van der Waals surface area contributed by atoms with Crippen LogP contribution in [0.3, 0.4) is 0 Å². The smallest absolute Gasteiger partial charge is 0.337 e. The minimum atomic E-state index is -0.962. The molecule has 1 saturated heterocycles. The predicted molar refractivity (Wildman–Crippen MR) is 144 cm³/mol. The molecule has 1 heterocycles. The number of anilines is 1. The van der Waals surface area contributed by atoms with Gasteiger partial charge in [-0.15, -0.1) is 0 Å². The third kappa shape index (κ3) is 4.99. The zero-order chi connectivity index (χ0) is 27.1. The van der Waals surface area contributed by atoms with Crippen LogP contribution in [-0.2, 0) is 19.7 Å². The van der Waals surface area contributed by atoms with Gasteiger partial charge in [0.2, 0.25) is 0 Å². The number of esters is 1.